The molecule has 4 aromatic rings. The molecule has 0 unspecified atom stereocenters. The van der Waals surface area contributed by atoms with Crippen molar-refractivity contribution in [3.8, 4) is 23.5 Å². The van der Waals surface area contributed by atoms with E-state index in [0.29, 0.717) is 45.3 Å². The first-order valence-corrected chi connectivity index (χ1v) is 9.71. The molecule has 0 atom stereocenters. The van der Waals surface area contributed by atoms with E-state index in [9.17, 15) is 10.5 Å². The van der Waals surface area contributed by atoms with Crippen LogP contribution in [0, 0.1) is 47.9 Å². The third-order valence-corrected chi connectivity index (χ3v) is 5.14. The summed E-state index contributed by atoms with van der Waals surface area (Å²) in [5.41, 5.74) is 2.55. The first-order valence-electron chi connectivity index (χ1n) is 9.71. The molecule has 0 spiro atoms. The van der Waals surface area contributed by atoms with Gasteiger partial charge in [0, 0.05) is 17.8 Å². The average molecular weight is 622 g/mol. The average Bonchev–Trinajstić information content (AvgIpc) is 3.49. The molecule has 34 heavy (non-hydrogen) atoms. The van der Waals surface area contributed by atoms with Crippen LogP contribution < -0.4 is 0 Å². The Morgan fingerprint density at radius 2 is 1.56 bits per heavy atom. The fourth-order valence-electron chi connectivity index (χ4n) is 3.47. The second-order valence-electron chi connectivity index (χ2n) is 7.61. The van der Waals surface area contributed by atoms with E-state index in [0.717, 1.165) is 0 Å². The van der Waals surface area contributed by atoms with Crippen molar-refractivity contribution in [1.29, 1.82) is 10.5 Å². The van der Waals surface area contributed by atoms with Gasteiger partial charge in [-0.25, -0.2) is 4.85 Å². The van der Waals surface area contributed by atoms with Crippen molar-refractivity contribution in [2.24, 2.45) is 0 Å². The number of benzene rings is 2. The van der Waals surface area contributed by atoms with Gasteiger partial charge < -0.3 is 0 Å². The number of nitriles is 2. The standard InChI is InChI=1S/C25H14N8.Pt/c1-25(2,23-18(14-27)15-32(30-23)20-9-5-7-17(11-20)13-26)24-22(29-4)16-33(31-24)21-10-6-8-19(12-21)28-3;/h5-8,11-12,15-16H,1-2H3;/q-2;+2. The maximum Gasteiger partial charge on any atom is 2.00 e. The van der Waals surface area contributed by atoms with Gasteiger partial charge in [0.15, 0.2) is 0 Å². The molecule has 0 bridgehead atoms. The van der Waals surface area contributed by atoms with Crippen molar-refractivity contribution in [2.45, 2.75) is 19.3 Å². The summed E-state index contributed by atoms with van der Waals surface area (Å²) in [6.07, 6.45) is 3.16. The summed E-state index contributed by atoms with van der Waals surface area (Å²) in [5, 5.41) is 28.2. The van der Waals surface area contributed by atoms with Crippen LogP contribution in [0.3, 0.4) is 0 Å². The Hall–Kier alpha value is -4.49. The summed E-state index contributed by atoms with van der Waals surface area (Å²) >= 11 is 0. The SMILES string of the molecule is [C-]#[N+]c1cc[c-]c(-n2cc([N+]#[C-])c(C(C)(C)c3nn(-c4[c-]ccc(C#N)c4)cc3C#N)n2)c1.[Pt+2]. The second kappa shape index (κ2) is 9.56. The van der Waals surface area contributed by atoms with Crippen LogP contribution in [0.25, 0.3) is 21.1 Å². The van der Waals surface area contributed by atoms with E-state index in [4.69, 9.17) is 13.1 Å². The maximum atomic E-state index is 9.77. The third-order valence-electron chi connectivity index (χ3n) is 5.14. The zero-order valence-corrected chi connectivity index (χ0v) is 20.3. The van der Waals surface area contributed by atoms with Gasteiger partial charge in [0.2, 0.25) is 5.69 Å². The first kappa shape index (κ1) is 24.2. The van der Waals surface area contributed by atoms with Crippen molar-refractivity contribution in [1.82, 2.24) is 19.6 Å². The van der Waals surface area contributed by atoms with Crippen molar-refractivity contribution < 1.29 is 21.1 Å². The third kappa shape index (κ3) is 4.24. The molecule has 2 heterocycles. The van der Waals surface area contributed by atoms with Crippen LogP contribution >= 0.6 is 0 Å². The number of nitrogens with zero attached hydrogens (tertiary/aromatic N) is 8. The smallest absolute Gasteiger partial charge is 0.278 e. The minimum Gasteiger partial charge on any atom is -0.278 e. The van der Waals surface area contributed by atoms with E-state index in [2.05, 4.69) is 44.2 Å². The predicted octanol–water partition coefficient (Wildman–Crippen LogP) is 4.83. The van der Waals surface area contributed by atoms with Gasteiger partial charge in [-0.2, -0.15) is 57.1 Å². The van der Waals surface area contributed by atoms with Gasteiger partial charge in [-0.15, -0.1) is 12.1 Å². The van der Waals surface area contributed by atoms with Crippen LogP contribution in [0.4, 0.5) is 11.4 Å². The molecular weight excluding hydrogens is 607 g/mol. The van der Waals surface area contributed by atoms with E-state index in [1.807, 2.05) is 13.8 Å². The second-order valence-corrected chi connectivity index (χ2v) is 7.61. The molecule has 2 aromatic carbocycles. The summed E-state index contributed by atoms with van der Waals surface area (Å²) in [5.74, 6) is 0. The fraction of sp³-hybridized carbons (Fsp3) is 0.120. The van der Waals surface area contributed by atoms with E-state index in [1.165, 1.54) is 9.36 Å². The number of hydrogen-bond donors (Lipinski definition) is 0. The Kier molecular flexibility index (Phi) is 6.79. The topological polar surface area (TPSA) is 91.9 Å². The Labute approximate surface area is 211 Å². The van der Waals surface area contributed by atoms with Crippen molar-refractivity contribution in [3.05, 3.63) is 106 Å². The van der Waals surface area contributed by atoms with E-state index < -0.39 is 5.41 Å². The quantitative estimate of drug-likeness (QED) is 0.306. The fourth-order valence-corrected chi connectivity index (χ4v) is 3.47. The molecule has 0 fully saturated rings. The van der Waals surface area contributed by atoms with Crippen LogP contribution in [0.1, 0.15) is 36.4 Å². The summed E-state index contributed by atoms with van der Waals surface area (Å²) in [4.78, 5) is 7.05. The molecule has 9 heteroatoms. The Morgan fingerprint density at radius 3 is 2.21 bits per heavy atom. The molecule has 0 radical (unpaired) electrons. The van der Waals surface area contributed by atoms with E-state index in [-0.39, 0.29) is 21.1 Å². The Morgan fingerprint density at radius 1 is 0.912 bits per heavy atom. The Balaban J connectivity index is 0.00000324. The minimum absolute atomic E-state index is 0. The summed E-state index contributed by atoms with van der Waals surface area (Å²) in [6, 6.07) is 20.1. The molecule has 0 aliphatic rings. The normalized spacial score (nSPS) is 10.3. The van der Waals surface area contributed by atoms with Gasteiger partial charge in [-0.1, -0.05) is 11.3 Å². The molecule has 8 nitrogen and oxygen atoms in total. The summed E-state index contributed by atoms with van der Waals surface area (Å²) in [7, 11) is 0. The van der Waals surface area contributed by atoms with E-state index >= 15 is 0 Å². The monoisotopic (exact) mass is 621 g/mol. The zero-order valence-electron chi connectivity index (χ0n) is 18.0. The number of rotatable bonds is 4. The number of aromatic nitrogens is 4. The molecule has 0 saturated carbocycles. The molecule has 2 aromatic heterocycles. The molecule has 164 valence electrons. The van der Waals surface area contributed by atoms with Crippen LogP contribution in [0.15, 0.2) is 48.8 Å². The zero-order chi connectivity index (χ0) is 23.6. The van der Waals surface area contributed by atoms with Gasteiger partial charge in [-0.05, 0) is 19.5 Å². The largest absolute Gasteiger partial charge is 2.00 e. The molecule has 0 N–H and O–H groups in total. The van der Waals surface area contributed by atoms with Crippen LogP contribution in [0.5, 0.6) is 0 Å². The van der Waals surface area contributed by atoms with Crippen LogP contribution in [-0.4, -0.2) is 19.6 Å². The van der Waals surface area contributed by atoms with Gasteiger partial charge in [0.25, 0.3) is 0 Å². The molecule has 0 saturated heterocycles. The van der Waals surface area contributed by atoms with E-state index in [1.54, 1.807) is 48.8 Å². The first-order chi connectivity index (χ1) is 15.9. The Bertz CT molecular complexity index is 1430. The van der Waals surface area contributed by atoms with Gasteiger partial charge in [0.05, 0.1) is 41.9 Å². The van der Waals surface area contributed by atoms with Gasteiger partial charge in [0.1, 0.15) is 6.07 Å². The van der Waals surface area contributed by atoms with Crippen molar-refractivity contribution in [3.63, 3.8) is 0 Å². The summed E-state index contributed by atoms with van der Waals surface area (Å²) in [6.45, 7) is 18.6. The summed E-state index contributed by atoms with van der Waals surface area (Å²) < 4.78 is 3.00. The van der Waals surface area contributed by atoms with Gasteiger partial charge >= 0.3 is 21.1 Å². The predicted molar refractivity (Wildman–Crippen MR) is 119 cm³/mol. The molecule has 0 aliphatic carbocycles. The minimum atomic E-state index is -0.897. The molecule has 4 rings (SSSR count). The van der Waals surface area contributed by atoms with Crippen molar-refractivity contribution in [2.75, 3.05) is 0 Å². The maximum absolute atomic E-state index is 9.77. The van der Waals surface area contributed by atoms with Gasteiger partial charge in [-0.3, -0.25) is 14.2 Å². The molecular formula is C25H14N8Pt. The molecule has 0 aliphatic heterocycles. The van der Waals surface area contributed by atoms with Crippen LogP contribution in [0.2, 0.25) is 0 Å². The van der Waals surface area contributed by atoms with Crippen LogP contribution in [-0.2, 0) is 26.5 Å². The number of hydrogen-bond acceptors (Lipinski definition) is 4. The molecule has 0 amide bonds. The van der Waals surface area contributed by atoms with Crippen molar-refractivity contribution >= 4 is 11.4 Å².